The minimum absolute atomic E-state index is 0.103. The predicted octanol–water partition coefficient (Wildman–Crippen LogP) is 1.40. The number of fused-ring (bicyclic) bond motifs is 1. The number of nitro groups is 1. The Morgan fingerprint density at radius 3 is 2.86 bits per heavy atom. The SMILES string of the molecule is O=[N+]([O-])C[C@H]1Cc2ccccc2CO1. The molecule has 1 aromatic rings. The molecule has 0 aliphatic carbocycles. The first-order chi connectivity index (χ1) is 6.75. The van der Waals surface area contributed by atoms with E-state index in [4.69, 9.17) is 4.74 Å². The molecule has 1 aliphatic heterocycles. The highest BCUT2D eigenvalue weighted by molar-refractivity contribution is 5.28. The van der Waals surface area contributed by atoms with Crippen molar-refractivity contribution in [1.29, 1.82) is 0 Å². The monoisotopic (exact) mass is 193 g/mol. The van der Waals surface area contributed by atoms with Gasteiger partial charge in [-0.15, -0.1) is 0 Å². The van der Waals surface area contributed by atoms with Gasteiger partial charge in [-0.3, -0.25) is 10.1 Å². The summed E-state index contributed by atoms with van der Waals surface area (Å²) >= 11 is 0. The molecule has 4 heteroatoms. The second-order valence-corrected chi connectivity index (χ2v) is 3.42. The molecule has 1 atom stereocenters. The third-order valence-electron chi connectivity index (χ3n) is 2.39. The molecule has 1 aromatic carbocycles. The molecule has 0 saturated heterocycles. The van der Waals surface area contributed by atoms with Crippen molar-refractivity contribution in [2.75, 3.05) is 6.54 Å². The molecule has 1 heterocycles. The molecule has 2 rings (SSSR count). The minimum atomic E-state index is -0.321. The summed E-state index contributed by atoms with van der Waals surface area (Å²) in [5.74, 6) is 0. The maximum absolute atomic E-state index is 10.3. The molecular formula is C10H11NO3. The van der Waals surface area contributed by atoms with Gasteiger partial charge in [0.05, 0.1) is 6.61 Å². The molecule has 0 spiro atoms. The van der Waals surface area contributed by atoms with Gasteiger partial charge in [-0.25, -0.2) is 0 Å². The lowest BCUT2D eigenvalue weighted by atomic mass is 9.99. The van der Waals surface area contributed by atoms with E-state index in [2.05, 4.69) is 0 Å². The van der Waals surface area contributed by atoms with E-state index in [1.165, 1.54) is 5.56 Å². The highest BCUT2D eigenvalue weighted by Gasteiger charge is 2.22. The third-order valence-corrected chi connectivity index (χ3v) is 2.39. The number of ether oxygens (including phenoxy) is 1. The Kier molecular flexibility index (Phi) is 2.45. The van der Waals surface area contributed by atoms with Crippen LogP contribution in [0.5, 0.6) is 0 Å². The lowest BCUT2D eigenvalue weighted by Gasteiger charge is -2.22. The van der Waals surface area contributed by atoms with Crippen LogP contribution in [0, 0.1) is 10.1 Å². The normalized spacial score (nSPS) is 20.1. The van der Waals surface area contributed by atoms with Crippen LogP contribution in [0.25, 0.3) is 0 Å². The first kappa shape index (κ1) is 9.15. The van der Waals surface area contributed by atoms with Crippen LogP contribution in [0.4, 0.5) is 0 Å². The third kappa shape index (κ3) is 1.90. The van der Waals surface area contributed by atoms with Crippen molar-refractivity contribution in [3.63, 3.8) is 0 Å². The summed E-state index contributed by atoms with van der Waals surface area (Å²) in [4.78, 5) is 9.98. The quantitative estimate of drug-likeness (QED) is 0.527. The molecule has 14 heavy (non-hydrogen) atoms. The van der Waals surface area contributed by atoms with E-state index in [0.717, 1.165) is 5.56 Å². The topological polar surface area (TPSA) is 52.4 Å². The summed E-state index contributed by atoms with van der Waals surface area (Å²) in [6.07, 6.45) is 0.386. The van der Waals surface area contributed by atoms with Crippen LogP contribution in [0.3, 0.4) is 0 Å². The molecule has 4 nitrogen and oxygen atoms in total. The number of rotatable bonds is 2. The molecule has 0 saturated carbocycles. The number of benzene rings is 1. The maximum Gasteiger partial charge on any atom is 0.230 e. The Hall–Kier alpha value is -1.42. The first-order valence-electron chi connectivity index (χ1n) is 4.56. The van der Waals surface area contributed by atoms with Gasteiger partial charge in [-0.2, -0.15) is 0 Å². The van der Waals surface area contributed by atoms with Crippen molar-refractivity contribution in [2.45, 2.75) is 19.1 Å². The maximum atomic E-state index is 10.3. The molecule has 0 unspecified atom stereocenters. The van der Waals surface area contributed by atoms with Gasteiger partial charge in [0.25, 0.3) is 0 Å². The Morgan fingerprint density at radius 2 is 2.14 bits per heavy atom. The summed E-state index contributed by atoms with van der Waals surface area (Å²) in [5, 5.41) is 10.3. The van der Waals surface area contributed by atoms with Gasteiger partial charge in [0.15, 0.2) is 0 Å². The highest BCUT2D eigenvalue weighted by Crippen LogP contribution is 2.20. The number of nitrogens with zero attached hydrogens (tertiary/aromatic N) is 1. The second-order valence-electron chi connectivity index (χ2n) is 3.42. The molecule has 1 aliphatic rings. The zero-order valence-electron chi connectivity index (χ0n) is 7.68. The van der Waals surface area contributed by atoms with Crippen molar-refractivity contribution in [2.24, 2.45) is 0 Å². The average Bonchev–Trinajstić information content (AvgIpc) is 2.17. The Morgan fingerprint density at radius 1 is 1.43 bits per heavy atom. The lowest BCUT2D eigenvalue weighted by molar-refractivity contribution is -0.492. The lowest BCUT2D eigenvalue weighted by Crippen LogP contribution is -2.29. The summed E-state index contributed by atoms with van der Waals surface area (Å²) in [6, 6.07) is 7.91. The zero-order chi connectivity index (χ0) is 9.97. The van der Waals surface area contributed by atoms with Crippen LogP contribution in [-0.2, 0) is 17.8 Å². The van der Waals surface area contributed by atoms with E-state index in [0.29, 0.717) is 13.0 Å². The zero-order valence-corrected chi connectivity index (χ0v) is 7.68. The summed E-state index contributed by atoms with van der Waals surface area (Å²) in [5.41, 5.74) is 2.32. The molecular weight excluding hydrogens is 182 g/mol. The fourth-order valence-electron chi connectivity index (χ4n) is 1.69. The van der Waals surface area contributed by atoms with Gasteiger partial charge < -0.3 is 4.74 Å². The largest absolute Gasteiger partial charge is 0.366 e. The van der Waals surface area contributed by atoms with Crippen molar-refractivity contribution in [3.8, 4) is 0 Å². The Bertz CT molecular complexity index is 351. The molecule has 0 radical (unpaired) electrons. The molecule has 0 fully saturated rings. The van der Waals surface area contributed by atoms with Gasteiger partial charge >= 0.3 is 0 Å². The minimum Gasteiger partial charge on any atom is -0.366 e. The van der Waals surface area contributed by atoms with Gasteiger partial charge in [-0.05, 0) is 11.1 Å². The molecule has 0 aromatic heterocycles. The molecule has 0 N–H and O–H groups in total. The second kappa shape index (κ2) is 3.75. The molecule has 74 valence electrons. The van der Waals surface area contributed by atoms with E-state index in [1.807, 2.05) is 24.3 Å². The smallest absolute Gasteiger partial charge is 0.230 e. The van der Waals surface area contributed by atoms with Crippen LogP contribution >= 0.6 is 0 Å². The fourth-order valence-corrected chi connectivity index (χ4v) is 1.69. The average molecular weight is 193 g/mol. The molecule has 0 amide bonds. The predicted molar refractivity (Wildman–Crippen MR) is 50.6 cm³/mol. The van der Waals surface area contributed by atoms with Crippen molar-refractivity contribution < 1.29 is 9.66 Å². The summed E-state index contributed by atoms with van der Waals surface area (Å²) < 4.78 is 5.37. The van der Waals surface area contributed by atoms with Crippen molar-refractivity contribution in [3.05, 3.63) is 45.5 Å². The Balaban J connectivity index is 2.09. The summed E-state index contributed by atoms with van der Waals surface area (Å²) in [6.45, 7) is 0.392. The van der Waals surface area contributed by atoms with E-state index >= 15 is 0 Å². The van der Waals surface area contributed by atoms with Gasteiger partial charge in [0.2, 0.25) is 6.54 Å². The summed E-state index contributed by atoms with van der Waals surface area (Å²) in [7, 11) is 0. The molecule has 0 bridgehead atoms. The van der Waals surface area contributed by atoms with Gasteiger partial charge in [-0.1, -0.05) is 24.3 Å². The standard InChI is InChI=1S/C10H11NO3/c12-11(13)6-10-5-8-3-1-2-4-9(8)7-14-10/h1-4,10H,5-7H2/t10-/m1/s1. The fraction of sp³-hybridized carbons (Fsp3) is 0.400. The highest BCUT2D eigenvalue weighted by atomic mass is 16.6. The van der Waals surface area contributed by atoms with Crippen molar-refractivity contribution in [1.82, 2.24) is 0 Å². The van der Waals surface area contributed by atoms with E-state index in [-0.39, 0.29) is 17.6 Å². The van der Waals surface area contributed by atoms with E-state index in [1.54, 1.807) is 0 Å². The van der Waals surface area contributed by atoms with Crippen LogP contribution in [0.2, 0.25) is 0 Å². The van der Waals surface area contributed by atoms with Crippen LogP contribution < -0.4 is 0 Å². The van der Waals surface area contributed by atoms with E-state index in [9.17, 15) is 10.1 Å². The Labute approximate surface area is 81.7 Å². The number of hydrogen-bond acceptors (Lipinski definition) is 3. The van der Waals surface area contributed by atoms with Gasteiger partial charge in [0.1, 0.15) is 6.10 Å². The van der Waals surface area contributed by atoms with Crippen LogP contribution in [0.1, 0.15) is 11.1 Å². The number of hydrogen-bond donors (Lipinski definition) is 0. The first-order valence-corrected chi connectivity index (χ1v) is 4.56. The van der Waals surface area contributed by atoms with Gasteiger partial charge in [0, 0.05) is 11.3 Å². The van der Waals surface area contributed by atoms with E-state index < -0.39 is 0 Å². The van der Waals surface area contributed by atoms with Crippen LogP contribution in [-0.4, -0.2) is 17.6 Å². The van der Waals surface area contributed by atoms with Crippen molar-refractivity contribution >= 4 is 0 Å². The van der Waals surface area contributed by atoms with Crippen LogP contribution in [0.15, 0.2) is 24.3 Å².